The first-order valence-corrected chi connectivity index (χ1v) is 16.3. The number of hydrogen-bond donors (Lipinski definition) is 0. The van der Waals surface area contributed by atoms with Crippen molar-refractivity contribution in [3.05, 3.63) is 11.6 Å². The van der Waals surface area contributed by atoms with Gasteiger partial charge in [-0.05, 0) is 24.7 Å². The number of hydrogen-bond acceptors (Lipinski definition) is 6. The van der Waals surface area contributed by atoms with Gasteiger partial charge < -0.3 is 19.1 Å². The van der Waals surface area contributed by atoms with Gasteiger partial charge in [-0.25, -0.2) is 0 Å². The summed E-state index contributed by atoms with van der Waals surface area (Å²) in [5.41, 5.74) is 0. The van der Waals surface area contributed by atoms with Gasteiger partial charge in [0.15, 0.2) is 6.29 Å². The average molecular weight is 526 g/mol. The Morgan fingerprint density at radius 3 is 2.00 bits per heavy atom. The zero-order chi connectivity index (χ0) is 25.5. The molecule has 0 bridgehead atoms. The van der Waals surface area contributed by atoms with Crippen LogP contribution in [0.2, 0.25) is 0 Å². The van der Waals surface area contributed by atoms with Crippen molar-refractivity contribution in [2.75, 3.05) is 25.6 Å². The Morgan fingerprint density at radius 1 is 0.861 bits per heavy atom. The number of esters is 1. The van der Waals surface area contributed by atoms with E-state index in [1.165, 1.54) is 103 Å². The predicted molar refractivity (Wildman–Crippen MR) is 152 cm³/mol. The highest BCUT2D eigenvalue weighted by Crippen LogP contribution is 2.20. The number of rotatable bonds is 24. The van der Waals surface area contributed by atoms with Crippen molar-refractivity contribution in [2.45, 2.75) is 148 Å². The van der Waals surface area contributed by atoms with Gasteiger partial charge in [-0.2, -0.15) is 0 Å². The van der Waals surface area contributed by atoms with E-state index >= 15 is 0 Å². The quantitative estimate of drug-likeness (QED) is 0.0929. The molecule has 2 atom stereocenters. The van der Waals surface area contributed by atoms with Crippen LogP contribution in [0.5, 0.6) is 0 Å². The summed E-state index contributed by atoms with van der Waals surface area (Å²) in [4.78, 5) is 14.2. The van der Waals surface area contributed by atoms with Gasteiger partial charge in [-0.15, -0.1) is 11.8 Å². The highest BCUT2D eigenvalue weighted by Gasteiger charge is 2.26. The highest BCUT2D eigenvalue weighted by molar-refractivity contribution is 8.02. The smallest absolute Gasteiger partial charge is 0.305 e. The first-order valence-electron chi connectivity index (χ1n) is 15.2. The molecule has 210 valence electrons. The molecule has 5 nitrogen and oxygen atoms in total. The largest absolute Gasteiger partial charge is 0.463 e. The second-order valence-electron chi connectivity index (χ2n) is 10.6. The summed E-state index contributed by atoms with van der Waals surface area (Å²) in [6, 6.07) is 0. The van der Waals surface area contributed by atoms with Crippen molar-refractivity contribution < 1.29 is 19.0 Å². The molecule has 0 aromatic rings. The SMILES string of the molecule is CCCCCCCCCCCCCCCCCCCC1OCC(COC(=O)CCCN2C=CSC2)O1. The standard InChI is InChI=1S/C30H55NO4S/c1-2-3-4-5-6-7-8-9-10-11-12-13-14-15-16-17-18-21-30-34-26-28(35-30)25-33-29(32)20-19-22-31-23-24-36-27-31/h23-24,28,30H,2-22,25-27H2,1H3. The minimum Gasteiger partial charge on any atom is -0.463 e. The van der Waals surface area contributed by atoms with Crippen molar-refractivity contribution in [1.29, 1.82) is 0 Å². The molecule has 0 spiro atoms. The zero-order valence-corrected chi connectivity index (χ0v) is 24.1. The van der Waals surface area contributed by atoms with Crippen molar-refractivity contribution in [1.82, 2.24) is 4.90 Å². The molecule has 0 aromatic heterocycles. The highest BCUT2D eigenvalue weighted by atomic mass is 32.2. The molecule has 2 aliphatic heterocycles. The molecule has 6 heteroatoms. The topological polar surface area (TPSA) is 48.0 Å². The van der Waals surface area contributed by atoms with E-state index in [9.17, 15) is 4.79 Å². The Balaban J connectivity index is 1.28. The molecule has 0 amide bonds. The summed E-state index contributed by atoms with van der Waals surface area (Å²) < 4.78 is 17.0. The Labute approximate surface area is 226 Å². The van der Waals surface area contributed by atoms with Crippen LogP contribution < -0.4 is 0 Å². The lowest BCUT2D eigenvalue weighted by molar-refractivity contribution is -0.148. The van der Waals surface area contributed by atoms with Crippen LogP contribution in [0.15, 0.2) is 11.6 Å². The van der Waals surface area contributed by atoms with E-state index in [1.807, 2.05) is 0 Å². The Bertz CT molecular complexity index is 559. The van der Waals surface area contributed by atoms with E-state index in [1.54, 1.807) is 11.8 Å². The van der Waals surface area contributed by atoms with Gasteiger partial charge in [-0.3, -0.25) is 4.79 Å². The molecule has 0 aromatic carbocycles. The van der Waals surface area contributed by atoms with E-state index < -0.39 is 0 Å². The number of carbonyl (C=O) groups is 1. The van der Waals surface area contributed by atoms with Crippen molar-refractivity contribution in [2.24, 2.45) is 0 Å². The molecule has 2 heterocycles. The fourth-order valence-corrected chi connectivity index (χ4v) is 5.67. The van der Waals surface area contributed by atoms with E-state index in [0.29, 0.717) is 19.6 Å². The van der Waals surface area contributed by atoms with Crippen LogP contribution in [0, 0.1) is 0 Å². The fraction of sp³-hybridized carbons (Fsp3) is 0.900. The second kappa shape index (κ2) is 22.3. The number of nitrogens with zero attached hydrogens (tertiary/aromatic N) is 1. The maximum Gasteiger partial charge on any atom is 0.305 e. The van der Waals surface area contributed by atoms with Crippen LogP contribution >= 0.6 is 11.8 Å². The average Bonchev–Trinajstić information content (AvgIpc) is 3.57. The zero-order valence-electron chi connectivity index (χ0n) is 23.3. The first kappa shape index (κ1) is 31.5. The third-order valence-corrected chi connectivity index (χ3v) is 8.02. The maximum atomic E-state index is 11.9. The third-order valence-electron chi connectivity index (χ3n) is 7.22. The monoisotopic (exact) mass is 525 g/mol. The summed E-state index contributed by atoms with van der Waals surface area (Å²) in [6.07, 6.45) is 27.7. The lowest BCUT2D eigenvalue weighted by Gasteiger charge is -2.14. The minimum absolute atomic E-state index is 0.109. The van der Waals surface area contributed by atoms with E-state index in [4.69, 9.17) is 14.2 Å². The van der Waals surface area contributed by atoms with Crippen LogP contribution in [0.4, 0.5) is 0 Å². The van der Waals surface area contributed by atoms with E-state index in [2.05, 4.69) is 23.4 Å². The summed E-state index contributed by atoms with van der Waals surface area (Å²) >= 11 is 1.78. The molecule has 0 aliphatic carbocycles. The summed E-state index contributed by atoms with van der Waals surface area (Å²) in [6.45, 7) is 4.04. The molecular formula is C30H55NO4S. The van der Waals surface area contributed by atoms with E-state index in [0.717, 1.165) is 31.7 Å². The predicted octanol–water partition coefficient (Wildman–Crippen LogP) is 8.57. The summed E-state index contributed by atoms with van der Waals surface area (Å²) in [5, 5.41) is 2.09. The molecule has 36 heavy (non-hydrogen) atoms. The molecular weight excluding hydrogens is 470 g/mol. The van der Waals surface area contributed by atoms with Gasteiger partial charge in [0.25, 0.3) is 0 Å². The third kappa shape index (κ3) is 16.9. The van der Waals surface area contributed by atoms with Crippen molar-refractivity contribution >= 4 is 17.7 Å². The fourth-order valence-electron chi connectivity index (χ4n) is 4.92. The van der Waals surface area contributed by atoms with Crippen LogP contribution in [0.1, 0.15) is 135 Å². The number of thioether (sulfide) groups is 1. The van der Waals surface area contributed by atoms with Gasteiger partial charge in [0, 0.05) is 19.2 Å². The molecule has 0 saturated carbocycles. The van der Waals surface area contributed by atoms with Crippen molar-refractivity contribution in [3.8, 4) is 0 Å². The van der Waals surface area contributed by atoms with Crippen LogP contribution in [0.3, 0.4) is 0 Å². The van der Waals surface area contributed by atoms with E-state index in [-0.39, 0.29) is 18.4 Å². The van der Waals surface area contributed by atoms with Crippen LogP contribution in [0.25, 0.3) is 0 Å². The number of ether oxygens (including phenoxy) is 3. The van der Waals surface area contributed by atoms with Crippen LogP contribution in [-0.2, 0) is 19.0 Å². The first-order chi connectivity index (χ1) is 17.8. The maximum absolute atomic E-state index is 11.9. The molecule has 2 aliphatic rings. The molecule has 0 N–H and O–H groups in total. The van der Waals surface area contributed by atoms with Gasteiger partial charge in [0.2, 0.25) is 0 Å². The molecule has 1 fully saturated rings. The lowest BCUT2D eigenvalue weighted by atomic mass is 10.0. The Hall–Kier alpha value is -0.720. The molecule has 1 saturated heterocycles. The van der Waals surface area contributed by atoms with Gasteiger partial charge in [0.1, 0.15) is 12.7 Å². The summed E-state index contributed by atoms with van der Waals surface area (Å²) in [7, 11) is 0. The Morgan fingerprint density at radius 2 is 1.44 bits per heavy atom. The number of unbranched alkanes of at least 4 members (excludes halogenated alkanes) is 16. The van der Waals surface area contributed by atoms with Crippen molar-refractivity contribution in [3.63, 3.8) is 0 Å². The van der Waals surface area contributed by atoms with Gasteiger partial charge in [-0.1, -0.05) is 110 Å². The minimum atomic E-state index is -0.133. The normalized spacial score (nSPS) is 19.4. The molecule has 2 unspecified atom stereocenters. The summed E-state index contributed by atoms with van der Waals surface area (Å²) in [5.74, 6) is 0.856. The molecule has 2 rings (SSSR count). The lowest BCUT2D eigenvalue weighted by Crippen LogP contribution is -2.22. The number of carbonyl (C=O) groups excluding carboxylic acids is 1. The van der Waals surface area contributed by atoms with Gasteiger partial charge in [0.05, 0.1) is 12.5 Å². The van der Waals surface area contributed by atoms with Gasteiger partial charge >= 0.3 is 5.97 Å². The Kier molecular flexibility index (Phi) is 19.5. The molecule has 0 radical (unpaired) electrons. The second-order valence-corrected chi connectivity index (χ2v) is 11.5. The van der Waals surface area contributed by atoms with Crippen LogP contribution in [-0.4, -0.2) is 48.9 Å².